The van der Waals surface area contributed by atoms with Gasteiger partial charge in [-0.25, -0.2) is 0 Å². The largest absolute Gasteiger partial charge is 0.357 e. The van der Waals surface area contributed by atoms with Gasteiger partial charge in [0, 0.05) is 32.1 Å². The van der Waals surface area contributed by atoms with Gasteiger partial charge in [0.25, 0.3) is 0 Å². The van der Waals surface area contributed by atoms with Crippen LogP contribution < -0.4 is 10.6 Å². The van der Waals surface area contributed by atoms with Crippen molar-refractivity contribution < 1.29 is 4.79 Å². The van der Waals surface area contributed by atoms with E-state index >= 15 is 0 Å². The molecule has 1 unspecified atom stereocenters. The van der Waals surface area contributed by atoms with Crippen LogP contribution in [-0.4, -0.2) is 49.0 Å². The van der Waals surface area contributed by atoms with Gasteiger partial charge in [-0.15, -0.1) is 24.0 Å². The van der Waals surface area contributed by atoms with Crippen molar-refractivity contribution in [2.45, 2.75) is 53.0 Å². The molecular formula is C15H31IN4O. The lowest BCUT2D eigenvalue weighted by Crippen LogP contribution is -2.46. The molecule has 0 aromatic rings. The first-order chi connectivity index (χ1) is 9.52. The molecule has 0 saturated carbocycles. The standard InChI is InChI=1S/C15H30N4O.HI/c1-5-16-15(19-10-6-7-13(4)11-19)17-9-8-14(20)18-12(2)3;/h12-13H,5-11H2,1-4H3,(H,16,17)(H,18,20);1H. The van der Waals surface area contributed by atoms with E-state index in [-0.39, 0.29) is 35.9 Å². The van der Waals surface area contributed by atoms with E-state index < -0.39 is 0 Å². The Balaban J connectivity index is 0.00000400. The third-order valence-electron chi connectivity index (χ3n) is 3.34. The third kappa shape index (κ3) is 8.48. The summed E-state index contributed by atoms with van der Waals surface area (Å²) < 4.78 is 0. The van der Waals surface area contributed by atoms with Crippen molar-refractivity contribution in [2.24, 2.45) is 10.9 Å². The number of hydrogen-bond donors (Lipinski definition) is 2. The minimum absolute atomic E-state index is 0. The molecule has 1 atom stereocenters. The number of nitrogens with one attached hydrogen (secondary N) is 2. The van der Waals surface area contributed by atoms with Crippen LogP contribution in [0.1, 0.15) is 47.0 Å². The topological polar surface area (TPSA) is 56.7 Å². The third-order valence-corrected chi connectivity index (χ3v) is 3.34. The van der Waals surface area contributed by atoms with E-state index in [1.165, 1.54) is 12.8 Å². The molecule has 0 aromatic carbocycles. The summed E-state index contributed by atoms with van der Waals surface area (Å²) in [5.74, 6) is 1.75. The van der Waals surface area contributed by atoms with Crippen LogP contribution in [0, 0.1) is 5.92 Å². The van der Waals surface area contributed by atoms with Gasteiger partial charge in [0.15, 0.2) is 5.96 Å². The lowest BCUT2D eigenvalue weighted by molar-refractivity contribution is -0.121. The van der Waals surface area contributed by atoms with Crippen molar-refractivity contribution in [1.82, 2.24) is 15.5 Å². The number of guanidine groups is 1. The van der Waals surface area contributed by atoms with E-state index in [1.54, 1.807) is 0 Å². The molecule has 1 rings (SSSR count). The van der Waals surface area contributed by atoms with Crippen LogP contribution >= 0.6 is 24.0 Å². The molecule has 2 N–H and O–H groups in total. The molecule has 0 spiro atoms. The molecule has 1 fully saturated rings. The fraction of sp³-hybridized carbons (Fsp3) is 0.867. The van der Waals surface area contributed by atoms with Gasteiger partial charge in [-0.05, 0) is 39.5 Å². The second-order valence-corrected chi connectivity index (χ2v) is 5.90. The fourth-order valence-electron chi connectivity index (χ4n) is 2.47. The van der Waals surface area contributed by atoms with Crippen LogP contribution in [0.15, 0.2) is 4.99 Å². The van der Waals surface area contributed by atoms with Gasteiger partial charge in [-0.3, -0.25) is 9.79 Å². The molecule has 1 aliphatic heterocycles. The van der Waals surface area contributed by atoms with E-state index in [4.69, 9.17) is 0 Å². The highest BCUT2D eigenvalue weighted by atomic mass is 127. The Morgan fingerprint density at radius 1 is 1.43 bits per heavy atom. The van der Waals surface area contributed by atoms with Crippen LogP contribution in [0.2, 0.25) is 0 Å². The molecule has 1 saturated heterocycles. The Hall–Kier alpha value is -0.530. The molecule has 6 heteroatoms. The molecule has 0 bridgehead atoms. The highest BCUT2D eigenvalue weighted by Gasteiger charge is 2.19. The molecule has 0 aliphatic carbocycles. The first kappa shape index (κ1) is 20.5. The molecule has 0 radical (unpaired) electrons. The maximum Gasteiger partial charge on any atom is 0.222 e. The number of halogens is 1. The molecule has 5 nitrogen and oxygen atoms in total. The number of rotatable bonds is 5. The maximum absolute atomic E-state index is 11.6. The maximum atomic E-state index is 11.6. The number of likely N-dealkylation sites (tertiary alicyclic amines) is 1. The minimum atomic E-state index is 0. The van der Waals surface area contributed by atoms with Gasteiger partial charge in [-0.2, -0.15) is 0 Å². The normalized spacial score (nSPS) is 19.2. The number of carbonyl (C=O) groups excluding carboxylic acids is 1. The fourth-order valence-corrected chi connectivity index (χ4v) is 2.47. The molecule has 1 aliphatic rings. The van der Waals surface area contributed by atoms with Gasteiger partial charge in [0.1, 0.15) is 0 Å². The van der Waals surface area contributed by atoms with Crippen molar-refractivity contribution >= 4 is 35.8 Å². The van der Waals surface area contributed by atoms with Crippen molar-refractivity contribution in [3.8, 4) is 0 Å². The quantitative estimate of drug-likeness (QED) is 0.415. The highest BCUT2D eigenvalue weighted by molar-refractivity contribution is 14.0. The van der Waals surface area contributed by atoms with E-state index in [0.29, 0.717) is 13.0 Å². The van der Waals surface area contributed by atoms with Crippen LogP contribution in [0.25, 0.3) is 0 Å². The number of hydrogen-bond acceptors (Lipinski definition) is 2. The van der Waals surface area contributed by atoms with E-state index in [2.05, 4.69) is 34.4 Å². The Morgan fingerprint density at radius 2 is 2.14 bits per heavy atom. The SMILES string of the molecule is CCNC(=NCCC(=O)NC(C)C)N1CCCC(C)C1.I. The minimum Gasteiger partial charge on any atom is -0.357 e. The second-order valence-electron chi connectivity index (χ2n) is 5.90. The summed E-state index contributed by atoms with van der Waals surface area (Å²) in [6.07, 6.45) is 2.97. The number of amides is 1. The second kappa shape index (κ2) is 11.1. The van der Waals surface area contributed by atoms with Crippen LogP contribution in [0.4, 0.5) is 0 Å². The first-order valence-corrected chi connectivity index (χ1v) is 7.85. The predicted molar refractivity (Wildman–Crippen MR) is 99.3 cm³/mol. The van der Waals surface area contributed by atoms with E-state index in [9.17, 15) is 4.79 Å². The van der Waals surface area contributed by atoms with Crippen LogP contribution in [0.5, 0.6) is 0 Å². The Morgan fingerprint density at radius 3 is 2.71 bits per heavy atom. The molecule has 1 heterocycles. The number of nitrogens with zero attached hydrogens (tertiary/aromatic N) is 2. The van der Waals surface area contributed by atoms with E-state index in [1.807, 2.05) is 13.8 Å². The molecule has 0 aromatic heterocycles. The van der Waals surface area contributed by atoms with Crippen molar-refractivity contribution in [2.75, 3.05) is 26.2 Å². The summed E-state index contributed by atoms with van der Waals surface area (Å²) in [5, 5.41) is 6.22. The van der Waals surface area contributed by atoms with Crippen molar-refractivity contribution in [3.05, 3.63) is 0 Å². The Kier molecular flexibility index (Phi) is 10.8. The lowest BCUT2D eigenvalue weighted by atomic mass is 10.0. The predicted octanol–water partition coefficient (Wildman–Crippen LogP) is 2.22. The lowest BCUT2D eigenvalue weighted by Gasteiger charge is -2.33. The van der Waals surface area contributed by atoms with Gasteiger partial charge < -0.3 is 15.5 Å². The van der Waals surface area contributed by atoms with Crippen LogP contribution in [0.3, 0.4) is 0 Å². The van der Waals surface area contributed by atoms with Gasteiger partial charge in [0.2, 0.25) is 5.91 Å². The van der Waals surface area contributed by atoms with Gasteiger partial charge >= 0.3 is 0 Å². The molecule has 21 heavy (non-hydrogen) atoms. The monoisotopic (exact) mass is 410 g/mol. The zero-order valence-electron chi connectivity index (χ0n) is 13.8. The van der Waals surface area contributed by atoms with Crippen molar-refractivity contribution in [1.29, 1.82) is 0 Å². The number of piperidine rings is 1. The van der Waals surface area contributed by atoms with Crippen molar-refractivity contribution in [3.63, 3.8) is 0 Å². The average molecular weight is 410 g/mol. The first-order valence-electron chi connectivity index (χ1n) is 7.85. The smallest absolute Gasteiger partial charge is 0.222 e. The number of carbonyl (C=O) groups is 1. The zero-order chi connectivity index (χ0) is 15.0. The summed E-state index contributed by atoms with van der Waals surface area (Å²) in [5.41, 5.74) is 0. The highest BCUT2D eigenvalue weighted by Crippen LogP contribution is 2.15. The van der Waals surface area contributed by atoms with E-state index in [0.717, 1.165) is 31.5 Å². The van der Waals surface area contributed by atoms with Gasteiger partial charge in [0.05, 0.1) is 6.54 Å². The molecule has 1 amide bonds. The Labute approximate surface area is 146 Å². The summed E-state index contributed by atoms with van der Waals surface area (Å²) >= 11 is 0. The Bertz CT molecular complexity index is 334. The zero-order valence-corrected chi connectivity index (χ0v) is 16.1. The summed E-state index contributed by atoms with van der Waals surface area (Å²) in [4.78, 5) is 18.5. The van der Waals surface area contributed by atoms with Gasteiger partial charge in [-0.1, -0.05) is 6.92 Å². The molecular weight excluding hydrogens is 379 g/mol. The summed E-state index contributed by atoms with van der Waals surface area (Å²) in [6.45, 7) is 11.8. The number of aliphatic imine (C=N–C) groups is 1. The summed E-state index contributed by atoms with van der Waals surface area (Å²) in [7, 11) is 0. The average Bonchev–Trinajstić information content (AvgIpc) is 2.37. The van der Waals surface area contributed by atoms with Crippen LogP contribution in [-0.2, 0) is 4.79 Å². The summed E-state index contributed by atoms with van der Waals surface area (Å²) in [6, 6.07) is 0.197. The molecule has 124 valence electrons.